The molecule has 1 aliphatic rings. The predicted octanol–water partition coefficient (Wildman–Crippen LogP) is 2.67. The van der Waals surface area contributed by atoms with E-state index in [4.69, 9.17) is 0 Å². The zero-order chi connectivity index (χ0) is 15.1. The minimum absolute atomic E-state index is 0.109. The molecule has 1 aromatic heterocycles. The molecule has 2 heterocycles. The van der Waals surface area contributed by atoms with Gasteiger partial charge in [0.1, 0.15) is 5.82 Å². The Labute approximate surface area is 125 Å². The molecule has 1 aliphatic heterocycles. The van der Waals surface area contributed by atoms with Gasteiger partial charge >= 0.3 is 0 Å². The Morgan fingerprint density at radius 3 is 2.71 bits per heavy atom. The summed E-state index contributed by atoms with van der Waals surface area (Å²) < 4.78 is 14.1. The number of benzene rings is 1. The number of hydrogen-bond acceptors (Lipinski definition) is 4. The average molecular weight is 304 g/mol. The molecule has 3 rings (SSSR count). The van der Waals surface area contributed by atoms with Crippen LogP contribution in [0.25, 0.3) is 0 Å². The van der Waals surface area contributed by atoms with E-state index in [1.165, 1.54) is 22.3 Å². The zero-order valence-electron chi connectivity index (χ0n) is 11.6. The van der Waals surface area contributed by atoms with Crippen molar-refractivity contribution in [3.05, 3.63) is 45.2 Å². The number of amides is 1. The van der Waals surface area contributed by atoms with E-state index in [0.717, 1.165) is 10.6 Å². The maximum Gasteiger partial charge on any atom is 0.299 e. The fraction of sp³-hybridized carbons (Fsp3) is 0.267. The van der Waals surface area contributed by atoms with E-state index >= 15 is 0 Å². The SMILES string of the molecule is Cc1cc(F)c2c(c1)C(=O)C(=O)N2CCc1scnc1C. The first-order chi connectivity index (χ1) is 9.99. The number of fused-ring (bicyclic) bond motifs is 1. The highest BCUT2D eigenvalue weighted by Crippen LogP contribution is 2.33. The summed E-state index contributed by atoms with van der Waals surface area (Å²) in [6.07, 6.45) is 0.558. The third-order valence-corrected chi connectivity index (χ3v) is 4.56. The van der Waals surface area contributed by atoms with Crippen molar-refractivity contribution in [2.45, 2.75) is 20.3 Å². The van der Waals surface area contributed by atoms with E-state index in [1.54, 1.807) is 18.5 Å². The van der Waals surface area contributed by atoms with Crippen molar-refractivity contribution in [2.24, 2.45) is 0 Å². The lowest BCUT2D eigenvalue weighted by molar-refractivity contribution is -0.114. The van der Waals surface area contributed by atoms with Gasteiger partial charge in [-0.15, -0.1) is 11.3 Å². The number of Topliss-reactive ketones (excluding diaryl/α,β-unsaturated/α-hetero) is 1. The molecule has 0 fully saturated rings. The van der Waals surface area contributed by atoms with Crippen LogP contribution in [0.3, 0.4) is 0 Å². The van der Waals surface area contributed by atoms with Crippen molar-refractivity contribution >= 4 is 28.7 Å². The molecule has 0 aliphatic carbocycles. The van der Waals surface area contributed by atoms with E-state index in [9.17, 15) is 14.0 Å². The summed E-state index contributed by atoms with van der Waals surface area (Å²) in [5.74, 6) is -1.81. The lowest BCUT2D eigenvalue weighted by atomic mass is 10.1. The first-order valence-electron chi connectivity index (χ1n) is 6.54. The van der Waals surface area contributed by atoms with Gasteiger partial charge < -0.3 is 4.90 Å². The van der Waals surface area contributed by atoms with Crippen LogP contribution in [0.5, 0.6) is 0 Å². The van der Waals surface area contributed by atoms with Crippen LogP contribution in [-0.2, 0) is 11.2 Å². The van der Waals surface area contributed by atoms with Gasteiger partial charge in [0.15, 0.2) is 0 Å². The summed E-state index contributed by atoms with van der Waals surface area (Å²) in [6, 6.07) is 2.91. The summed E-state index contributed by atoms with van der Waals surface area (Å²) in [7, 11) is 0. The van der Waals surface area contributed by atoms with E-state index in [1.807, 2.05) is 6.92 Å². The molecular weight excluding hydrogens is 291 g/mol. The molecule has 1 aromatic carbocycles. The second-order valence-electron chi connectivity index (χ2n) is 5.04. The maximum absolute atomic E-state index is 14.1. The number of halogens is 1. The predicted molar refractivity (Wildman–Crippen MR) is 78.4 cm³/mol. The van der Waals surface area contributed by atoms with Crippen molar-refractivity contribution in [3.63, 3.8) is 0 Å². The molecule has 4 nitrogen and oxygen atoms in total. The van der Waals surface area contributed by atoms with Crippen molar-refractivity contribution in [2.75, 3.05) is 11.4 Å². The topological polar surface area (TPSA) is 50.3 Å². The summed E-state index contributed by atoms with van der Waals surface area (Å²) in [5, 5.41) is 0. The number of hydrogen-bond donors (Lipinski definition) is 0. The summed E-state index contributed by atoms with van der Waals surface area (Å²) in [5.41, 5.74) is 3.55. The van der Waals surface area contributed by atoms with Crippen molar-refractivity contribution < 1.29 is 14.0 Å². The number of carbonyl (C=O) groups excluding carboxylic acids is 2. The quantitative estimate of drug-likeness (QED) is 0.819. The Bertz CT molecular complexity index is 754. The van der Waals surface area contributed by atoms with Crippen LogP contribution in [0.1, 0.15) is 26.5 Å². The molecule has 0 N–H and O–H groups in total. The van der Waals surface area contributed by atoms with E-state index in [-0.39, 0.29) is 17.8 Å². The van der Waals surface area contributed by atoms with Gasteiger partial charge in [-0.1, -0.05) is 0 Å². The smallest absolute Gasteiger partial charge is 0.299 e. The Morgan fingerprint density at radius 1 is 1.29 bits per heavy atom. The van der Waals surface area contributed by atoms with Crippen LogP contribution < -0.4 is 4.90 Å². The molecule has 0 saturated heterocycles. The Balaban J connectivity index is 1.93. The molecule has 0 atom stereocenters. The van der Waals surface area contributed by atoms with Gasteiger partial charge in [0.05, 0.1) is 22.5 Å². The zero-order valence-corrected chi connectivity index (χ0v) is 12.5. The molecule has 0 saturated carbocycles. The van der Waals surface area contributed by atoms with Gasteiger partial charge in [-0.2, -0.15) is 0 Å². The van der Waals surface area contributed by atoms with Crippen LogP contribution in [0.2, 0.25) is 0 Å². The van der Waals surface area contributed by atoms with Gasteiger partial charge in [-0.25, -0.2) is 9.37 Å². The molecular formula is C15H13FN2O2S. The summed E-state index contributed by atoms with van der Waals surface area (Å²) in [4.78, 5) is 30.5. The van der Waals surface area contributed by atoms with Crippen LogP contribution in [0.15, 0.2) is 17.6 Å². The number of nitrogens with zero attached hydrogens (tertiary/aromatic N) is 2. The second kappa shape index (κ2) is 5.04. The Kier molecular flexibility index (Phi) is 3.33. The lowest BCUT2D eigenvalue weighted by Gasteiger charge is -2.16. The van der Waals surface area contributed by atoms with Gasteiger partial charge in [-0.3, -0.25) is 9.59 Å². The number of carbonyl (C=O) groups is 2. The standard InChI is InChI=1S/C15H13FN2O2S/c1-8-5-10-13(11(16)6-8)18(15(20)14(10)19)4-3-12-9(2)17-7-21-12/h5-7H,3-4H2,1-2H3. The van der Waals surface area contributed by atoms with Crippen LogP contribution in [-0.4, -0.2) is 23.2 Å². The van der Waals surface area contributed by atoms with Crippen LogP contribution in [0.4, 0.5) is 10.1 Å². The largest absolute Gasteiger partial charge is 0.302 e. The minimum atomic E-state index is -0.656. The average Bonchev–Trinajstić information content (AvgIpc) is 2.93. The highest BCUT2D eigenvalue weighted by Gasteiger charge is 2.38. The maximum atomic E-state index is 14.1. The van der Waals surface area contributed by atoms with Crippen molar-refractivity contribution in [1.29, 1.82) is 0 Å². The third kappa shape index (κ3) is 2.25. The minimum Gasteiger partial charge on any atom is -0.302 e. The fourth-order valence-corrected chi connectivity index (χ4v) is 3.28. The van der Waals surface area contributed by atoms with Crippen molar-refractivity contribution in [1.82, 2.24) is 4.98 Å². The molecule has 0 radical (unpaired) electrons. The Morgan fingerprint density at radius 2 is 2.05 bits per heavy atom. The van der Waals surface area contributed by atoms with Gasteiger partial charge in [0, 0.05) is 17.8 Å². The number of aromatic nitrogens is 1. The first kappa shape index (κ1) is 13.9. The van der Waals surface area contributed by atoms with E-state index in [2.05, 4.69) is 4.98 Å². The highest BCUT2D eigenvalue weighted by molar-refractivity contribution is 7.09. The van der Waals surface area contributed by atoms with Gasteiger partial charge in [0.25, 0.3) is 11.7 Å². The van der Waals surface area contributed by atoms with E-state index in [0.29, 0.717) is 12.0 Å². The lowest BCUT2D eigenvalue weighted by Crippen LogP contribution is -2.32. The van der Waals surface area contributed by atoms with Gasteiger partial charge in [-0.05, 0) is 31.5 Å². The molecule has 1 amide bonds. The molecule has 0 unspecified atom stereocenters. The normalized spacial score (nSPS) is 14.0. The van der Waals surface area contributed by atoms with Crippen LogP contribution >= 0.6 is 11.3 Å². The van der Waals surface area contributed by atoms with Gasteiger partial charge in [0.2, 0.25) is 0 Å². The molecule has 108 valence electrons. The molecule has 0 spiro atoms. The number of aryl methyl sites for hydroxylation is 2. The monoisotopic (exact) mass is 304 g/mol. The number of thiazole rings is 1. The fourth-order valence-electron chi connectivity index (χ4n) is 2.51. The molecule has 0 bridgehead atoms. The van der Waals surface area contributed by atoms with Crippen LogP contribution in [0, 0.1) is 19.7 Å². The van der Waals surface area contributed by atoms with Crippen molar-refractivity contribution in [3.8, 4) is 0 Å². The summed E-state index contributed by atoms with van der Waals surface area (Å²) in [6.45, 7) is 3.87. The number of rotatable bonds is 3. The molecule has 2 aromatic rings. The highest BCUT2D eigenvalue weighted by atomic mass is 32.1. The molecule has 21 heavy (non-hydrogen) atoms. The second-order valence-corrected chi connectivity index (χ2v) is 5.98. The number of ketones is 1. The number of anilines is 1. The first-order valence-corrected chi connectivity index (χ1v) is 7.42. The summed E-state index contributed by atoms with van der Waals surface area (Å²) >= 11 is 1.50. The third-order valence-electron chi connectivity index (χ3n) is 3.57. The van der Waals surface area contributed by atoms with E-state index < -0.39 is 17.5 Å². The Hall–Kier alpha value is -2.08. The molecule has 6 heteroatoms.